The number of aromatic hydroxyl groups is 1. The molecule has 0 bridgehead atoms. The molecular weight excluding hydrogens is 445 g/mol. The summed E-state index contributed by atoms with van der Waals surface area (Å²) < 4.78 is 15.6. The Hall–Kier alpha value is -2.12. The smallest absolute Gasteiger partial charge is 0.469 e. The predicted octanol–water partition coefficient (Wildman–Crippen LogP) is 5.73. The zero-order chi connectivity index (χ0) is 24.8. The van der Waals surface area contributed by atoms with E-state index in [0.29, 0.717) is 17.7 Å². The third-order valence-corrected chi connectivity index (χ3v) is 6.59. The number of phosphoric ester groups is 1. The van der Waals surface area contributed by atoms with E-state index in [2.05, 4.69) is 24.1 Å². The van der Waals surface area contributed by atoms with Gasteiger partial charge in [0.25, 0.3) is 0 Å². The van der Waals surface area contributed by atoms with E-state index < -0.39 is 20.5 Å². The maximum absolute atomic E-state index is 12.2. The van der Waals surface area contributed by atoms with Gasteiger partial charge >= 0.3 is 13.9 Å². The second-order valence-corrected chi connectivity index (χ2v) is 10.0. The van der Waals surface area contributed by atoms with Gasteiger partial charge in [-0.05, 0) is 63.1 Å². The molecule has 2 atom stereocenters. The number of anilines is 1. The maximum atomic E-state index is 12.2. The number of phenols is 1. The summed E-state index contributed by atoms with van der Waals surface area (Å²) >= 11 is 0. The minimum atomic E-state index is -4.74. The van der Waals surface area contributed by atoms with Crippen LogP contribution in [0, 0.1) is 5.92 Å². The molecule has 0 unspecified atom stereocenters. The fourth-order valence-corrected chi connectivity index (χ4v) is 4.76. The second-order valence-electron chi connectivity index (χ2n) is 8.79. The molecule has 0 aromatic heterocycles. The highest BCUT2D eigenvalue weighted by atomic mass is 31.2. The van der Waals surface area contributed by atoms with Crippen LogP contribution in [-0.4, -0.2) is 39.2 Å². The summed E-state index contributed by atoms with van der Waals surface area (Å²) in [5.41, 5.74) is 3.71. The number of unbranched alkanes of at least 4 members (excludes halogenated alkanes) is 2. The number of hydrogen-bond acceptors (Lipinski definition) is 4. The third-order valence-electron chi connectivity index (χ3n) is 6.07. The van der Waals surface area contributed by atoms with Gasteiger partial charge in [-0.2, -0.15) is 0 Å². The minimum Gasteiger partial charge on any atom is -0.508 e. The van der Waals surface area contributed by atoms with Crippen molar-refractivity contribution >= 4 is 19.6 Å². The first-order valence-corrected chi connectivity index (χ1v) is 12.9. The number of benzene rings is 1. The van der Waals surface area contributed by atoms with Crippen LogP contribution in [0.25, 0.3) is 0 Å². The number of aryl methyl sites for hydroxylation is 1. The summed E-state index contributed by atoms with van der Waals surface area (Å²) in [7, 11) is -4.74. The molecular formula is C24H36NO7P. The Morgan fingerprint density at radius 1 is 1.30 bits per heavy atom. The Labute approximate surface area is 195 Å². The summed E-state index contributed by atoms with van der Waals surface area (Å²) in [6.45, 7) is 9.38. The number of hydrogen-bond donors (Lipinski definition) is 4. The van der Waals surface area contributed by atoms with E-state index in [1.54, 1.807) is 12.1 Å². The normalized spacial score (nSPS) is 18.6. The number of phosphoric acid groups is 1. The Bertz CT molecular complexity index is 937. The minimum absolute atomic E-state index is 0.0170. The molecule has 0 aliphatic heterocycles. The first kappa shape index (κ1) is 27.1. The van der Waals surface area contributed by atoms with Crippen LogP contribution in [0.5, 0.6) is 5.75 Å². The quantitative estimate of drug-likeness (QED) is 0.180. The molecule has 1 aliphatic carbocycles. The Morgan fingerprint density at radius 3 is 2.58 bits per heavy atom. The maximum Gasteiger partial charge on any atom is 0.469 e. The summed E-state index contributed by atoms with van der Waals surface area (Å²) in [6, 6.07) is 3.47. The Balaban J connectivity index is 2.59. The average molecular weight is 482 g/mol. The molecule has 0 radical (unpaired) electrons. The van der Waals surface area contributed by atoms with Gasteiger partial charge in [-0.25, -0.2) is 9.36 Å². The van der Waals surface area contributed by atoms with Gasteiger partial charge in [-0.1, -0.05) is 43.6 Å². The van der Waals surface area contributed by atoms with Crippen LogP contribution < -0.4 is 4.90 Å². The van der Waals surface area contributed by atoms with Crippen LogP contribution in [0.15, 0.2) is 35.9 Å². The van der Waals surface area contributed by atoms with Crippen molar-refractivity contribution in [2.24, 2.45) is 5.92 Å². The number of amides is 1. The topological polar surface area (TPSA) is 128 Å². The number of allylic oxidation sites excluding steroid dienone is 3. The number of nitrogens with zero attached hydrogens (tertiary/aromatic N) is 1. The van der Waals surface area contributed by atoms with Crippen molar-refractivity contribution in [1.29, 1.82) is 0 Å². The van der Waals surface area contributed by atoms with Crippen molar-refractivity contribution in [3.63, 3.8) is 0 Å². The first-order valence-electron chi connectivity index (χ1n) is 11.3. The lowest BCUT2D eigenvalue weighted by atomic mass is 9.73. The van der Waals surface area contributed by atoms with Crippen molar-refractivity contribution in [3.05, 3.63) is 47.1 Å². The van der Waals surface area contributed by atoms with E-state index in [9.17, 15) is 19.6 Å². The van der Waals surface area contributed by atoms with Gasteiger partial charge in [0.1, 0.15) is 5.75 Å². The van der Waals surface area contributed by atoms with Crippen molar-refractivity contribution in [2.45, 2.75) is 65.2 Å². The molecule has 1 aromatic carbocycles. The highest BCUT2D eigenvalue weighted by molar-refractivity contribution is 7.46. The summed E-state index contributed by atoms with van der Waals surface area (Å²) in [6.07, 6.45) is 6.14. The number of rotatable bonds is 11. The molecule has 1 aliphatic rings. The number of carboxylic acid groups (broad SMARTS) is 1. The van der Waals surface area contributed by atoms with Crippen LogP contribution in [-0.2, 0) is 15.5 Å². The van der Waals surface area contributed by atoms with Gasteiger partial charge in [0.15, 0.2) is 0 Å². The molecule has 8 nitrogen and oxygen atoms in total. The standard InChI is InChI=1S/C24H36NO7P/c1-5-6-7-8-18-14-21(25(24(27)28)11-12-32-33(29,30)31)23(22(26)15-18)20-13-17(4)9-10-19(20)16(2)3/h13-15,19-20,26H,2,5-12H2,1,3-4H3,(H,27,28)(H2,29,30,31)/t19-,20+/m0/s1. The van der Waals surface area contributed by atoms with Crippen molar-refractivity contribution < 1.29 is 33.9 Å². The van der Waals surface area contributed by atoms with Crippen molar-refractivity contribution in [2.75, 3.05) is 18.1 Å². The molecule has 1 amide bonds. The average Bonchev–Trinajstić information content (AvgIpc) is 2.69. The highest BCUT2D eigenvalue weighted by Gasteiger charge is 2.33. The van der Waals surface area contributed by atoms with Gasteiger partial charge in [0.2, 0.25) is 0 Å². The van der Waals surface area contributed by atoms with E-state index in [0.717, 1.165) is 53.7 Å². The SMILES string of the molecule is C=C(C)[C@@H]1CCC(C)=C[C@H]1c1c(O)cc(CCCCC)cc1N(CCOP(=O)(O)O)C(=O)O. The lowest BCUT2D eigenvalue weighted by molar-refractivity contribution is 0.187. The Kier molecular flexibility index (Phi) is 9.73. The monoisotopic (exact) mass is 481 g/mol. The van der Waals surface area contributed by atoms with Crippen LogP contribution in [0.3, 0.4) is 0 Å². The molecule has 0 fully saturated rings. The molecule has 184 valence electrons. The molecule has 0 saturated heterocycles. The lowest BCUT2D eigenvalue weighted by Gasteiger charge is -2.34. The predicted molar refractivity (Wildman–Crippen MR) is 129 cm³/mol. The zero-order valence-electron chi connectivity index (χ0n) is 19.7. The van der Waals surface area contributed by atoms with Crippen LogP contribution in [0.2, 0.25) is 0 Å². The lowest BCUT2D eigenvalue weighted by Crippen LogP contribution is -2.34. The van der Waals surface area contributed by atoms with E-state index in [1.807, 2.05) is 13.8 Å². The van der Waals surface area contributed by atoms with Gasteiger partial charge in [0.05, 0.1) is 18.8 Å². The fraction of sp³-hybridized carbons (Fsp3) is 0.542. The van der Waals surface area contributed by atoms with E-state index >= 15 is 0 Å². The summed E-state index contributed by atoms with van der Waals surface area (Å²) in [5, 5.41) is 21.1. The molecule has 1 aromatic rings. The summed E-state index contributed by atoms with van der Waals surface area (Å²) in [4.78, 5) is 31.2. The van der Waals surface area contributed by atoms with E-state index in [4.69, 9.17) is 9.79 Å². The van der Waals surface area contributed by atoms with Crippen LogP contribution in [0.1, 0.15) is 69.9 Å². The number of carbonyl (C=O) groups is 1. The highest BCUT2D eigenvalue weighted by Crippen LogP contribution is 2.47. The summed E-state index contributed by atoms with van der Waals surface area (Å²) in [5.74, 6) is -0.213. The van der Waals surface area contributed by atoms with Gasteiger partial charge in [-0.15, -0.1) is 0 Å². The first-order chi connectivity index (χ1) is 15.4. The van der Waals surface area contributed by atoms with E-state index in [1.165, 1.54) is 0 Å². The van der Waals surface area contributed by atoms with Crippen molar-refractivity contribution in [3.8, 4) is 5.75 Å². The Morgan fingerprint density at radius 2 is 2.00 bits per heavy atom. The molecule has 4 N–H and O–H groups in total. The van der Waals surface area contributed by atoms with Gasteiger partial charge in [-0.3, -0.25) is 9.42 Å². The largest absolute Gasteiger partial charge is 0.508 e. The third kappa shape index (κ3) is 7.71. The van der Waals surface area contributed by atoms with Crippen LogP contribution in [0.4, 0.5) is 10.5 Å². The molecule has 0 saturated carbocycles. The number of phenolic OH excluding ortho intramolecular Hbond substituents is 1. The second kappa shape index (κ2) is 11.8. The zero-order valence-corrected chi connectivity index (χ0v) is 20.6. The van der Waals surface area contributed by atoms with Crippen molar-refractivity contribution in [1.82, 2.24) is 0 Å². The van der Waals surface area contributed by atoms with E-state index in [-0.39, 0.29) is 24.1 Å². The molecule has 2 rings (SSSR count). The molecule has 33 heavy (non-hydrogen) atoms. The molecule has 9 heteroatoms. The van der Waals surface area contributed by atoms with Gasteiger partial charge in [0, 0.05) is 11.5 Å². The molecule has 0 heterocycles. The molecule has 0 spiro atoms. The van der Waals surface area contributed by atoms with Crippen LogP contribution >= 0.6 is 7.82 Å². The van der Waals surface area contributed by atoms with Gasteiger partial charge < -0.3 is 20.0 Å². The fourth-order valence-electron chi connectivity index (χ4n) is 4.44.